The van der Waals surface area contributed by atoms with E-state index in [4.69, 9.17) is 12.2 Å². The molecule has 0 radical (unpaired) electrons. The van der Waals surface area contributed by atoms with Crippen LogP contribution < -0.4 is 0 Å². The van der Waals surface area contributed by atoms with Crippen molar-refractivity contribution in [2.75, 3.05) is 13.1 Å². The molecule has 1 aromatic heterocycles. The fourth-order valence-electron chi connectivity index (χ4n) is 2.72. The molecule has 0 atom stereocenters. The molecule has 1 saturated heterocycles. The number of hydrogen-bond donors (Lipinski definition) is 0. The van der Waals surface area contributed by atoms with E-state index in [2.05, 4.69) is 10.00 Å². The molecule has 4 nitrogen and oxygen atoms in total. The first-order valence-corrected chi connectivity index (χ1v) is 7.68. The molecular weight excluding hydrogens is 287 g/mol. The van der Waals surface area contributed by atoms with Gasteiger partial charge in [0.15, 0.2) is 10.6 Å². The molecular formula is C15H19FN4S. The van der Waals surface area contributed by atoms with Gasteiger partial charge in [-0.3, -0.25) is 4.90 Å². The predicted octanol–water partition coefficient (Wildman–Crippen LogP) is 3.20. The lowest BCUT2D eigenvalue weighted by Crippen LogP contribution is -2.32. The highest BCUT2D eigenvalue weighted by atomic mass is 32.1. The third-order valence-corrected chi connectivity index (χ3v) is 4.41. The van der Waals surface area contributed by atoms with Gasteiger partial charge in [0.25, 0.3) is 0 Å². The molecule has 21 heavy (non-hydrogen) atoms. The van der Waals surface area contributed by atoms with Crippen molar-refractivity contribution in [3.8, 4) is 11.4 Å². The molecule has 0 N–H and O–H groups in total. The van der Waals surface area contributed by atoms with E-state index in [-0.39, 0.29) is 5.82 Å². The van der Waals surface area contributed by atoms with E-state index in [0.717, 1.165) is 31.1 Å². The maximum Gasteiger partial charge on any atom is 0.199 e. The SMILES string of the molecule is Cn1c(-c2ccc(F)cc2)nn(CN2CCCCC2)c1=S. The zero-order valence-corrected chi connectivity index (χ0v) is 12.9. The fraction of sp³-hybridized carbons (Fsp3) is 0.467. The standard InChI is InChI=1S/C15H19FN4S/c1-18-14(12-5-7-13(16)8-6-12)17-20(15(18)21)11-19-9-3-2-4-10-19/h5-8H,2-4,9-11H2,1H3. The molecule has 1 aromatic carbocycles. The Labute approximate surface area is 128 Å². The average Bonchev–Trinajstić information content (AvgIpc) is 2.78. The van der Waals surface area contributed by atoms with Crippen LogP contribution in [-0.2, 0) is 13.7 Å². The average molecular weight is 306 g/mol. The van der Waals surface area contributed by atoms with Gasteiger partial charge >= 0.3 is 0 Å². The number of piperidine rings is 1. The van der Waals surface area contributed by atoms with Crippen molar-refractivity contribution in [2.45, 2.75) is 25.9 Å². The van der Waals surface area contributed by atoms with Crippen LogP contribution in [0, 0.1) is 10.6 Å². The van der Waals surface area contributed by atoms with E-state index in [1.54, 1.807) is 12.1 Å². The topological polar surface area (TPSA) is 26.0 Å². The van der Waals surface area contributed by atoms with Gasteiger partial charge in [-0.25, -0.2) is 9.07 Å². The summed E-state index contributed by atoms with van der Waals surface area (Å²) in [7, 11) is 1.90. The maximum atomic E-state index is 13.0. The van der Waals surface area contributed by atoms with Gasteiger partial charge in [0.1, 0.15) is 5.82 Å². The zero-order chi connectivity index (χ0) is 14.8. The summed E-state index contributed by atoms with van der Waals surface area (Å²) < 4.78 is 17.5. The third-order valence-electron chi connectivity index (χ3n) is 3.93. The summed E-state index contributed by atoms with van der Waals surface area (Å²) >= 11 is 5.47. The molecule has 3 rings (SSSR count). The molecule has 2 heterocycles. The Morgan fingerprint density at radius 1 is 1.14 bits per heavy atom. The summed E-state index contributed by atoms with van der Waals surface area (Å²) in [5.41, 5.74) is 0.877. The number of benzene rings is 1. The van der Waals surface area contributed by atoms with Crippen LogP contribution in [0.1, 0.15) is 19.3 Å². The summed E-state index contributed by atoms with van der Waals surface area (Å²) in [4.78, 5) is 2.38. The van der Waals surface area contributed by atoms with Gasteiger partial charge in [0, 0.05) is 12.6 Å². The molecule has 1 fully saturated rings. The Balaban J connectivity index is 1.88. The van der Waals surface area contributed by atoms with Crippen molar-refractivity contribution < 1.29 is 4.39 Å². The molecule has 0 unspecified atom stereocenters. The van der Waals surface area contributed by atoms with Crippen LogP contribution in [0.3, 0.4) is 0 Å². The summed E-state index contributed by atoms with van der Waals surface area (Å²) in [6.07, 6.45) is 3.79. The van der Waals surface area contributed by atoms with Crippen LogP contribution >= 0.6 is 12.2 Å². The molecule has 1 aliphatic heterocycles. The highest BCUT2D eigenvalue weighted by Crippen LogP contribution is 2.18. The number of hydrogen-bond acceptors (Lipinski definition) is 3. The van der Waals surface area contributed by atoms with E-state index >= 15 is 0 Å². The van der Waals surface area contributed by atoms with E-state index < -0.39 is 0 Å². The molecule has 112 valence electrons. The second kappa shape index (κ2) is 6.07. The summed E-state index contributed by atoms with van der Waals surface area (Å²) in [6.45, 7) is 2.93. The monoisotopic (exact) mass is 306 g/mol. The molecule has 0 amide bonds. The number of rotatable bonds is 3. The second-order valence-corrected chi connectivity index (χ2v) is 5.86. The third kappa shape index (κ3) is 3.06. The van der Waals surface area contributed by atoms with E-state index in [9.17, 15) is 4.39 Å². The second-order valence-electron chi connectivity index (χ2n) is 5.49. The predicted molar refractivity (Wildman–Crippen MR) is 82.9 cm³/mol. The van der Waals surface area contributed by atoms with E-state index in [0.29, 0.717) is 4.77 Å². The van der Waals surface area contributed by atoms with Crippen LogP contribution in [0.5, 0.6) is 0 Å². The Morgan fingerprint density at radius 3 is 2.48 bits per heavy atom. The zero-order valence-electron chi connectivity index (χ0n) is 12.1. The summed E-state index contributed by atoms with van der Waals surface area (Å²) in [5.74, 6) is 0.532. The van der Waals surface area contributed by atoms with Gasteiger partial charge in [-0.2, -0.15) is 5.10 Å². The minimum absolute atomic E-state index is 0.243. The quantitative estimate of drug-likeness (QED) is 0.815. The van der Waals surface area contributed by atoms with Crippen molar-refractivity contribution in [3.63, 3.8) is 0 Å². The Kier molecular flexibility index (Phi) is 4.17. The van der Waals surface area contributed by atoms with Crippen LogP contribution in [0.2, 0.25) is 0 Å². The summed E-state index contributed by atoms with van der Waals surface area (Å²) in [5, 5.41) is 4.61. The van der Waals surface area contributed by atoms with E-state index in [1.165, 1.54) is 31.4 Å². The molecule has 6 heteroatoms. The van der Waals surface area contributed by atoms with Gasteiger partial charge in [0.2, 0.25) is 0 Å². The van der Waals surface area contributed by atoms with Gasteiger partial charge < -0.3 is 4.57 Å². The Morgan fingerprint density at radius 2 is 1.81 bits per heavy atom. The molecule has 2 aromatic rings. The number of likely N-dealkylation sites (tertiary alicyclic amines) is 1. The highest BCUT2D eigenvalue weighted by Gasteiger charge is 2.14. The lowest BCUT2D eigenvalue weighted by Gasteiger charge is -2.25. The molecule has 1 aliphatic rings. The number of halogens is 1. The first kappa shape index (κ1) is 14.4. The van der Waals surface area contributed by atoms with Crippen molar-refractivity contribution in [1.82, 2.24) is 19.2 Å². The molecule has 0 saturated carbocycles. The molecule has 0 spiro atoms. The van der Waals surface area contributed by atoms with Gasteiger partial charge in [-0.05, 0) is 62.4 Å². The van der Waals surface area contributed by atoms with Crippen LogP contribution in [-0.4, -0.2) is 32.3 Å². The van der Waals surface area contributed by atoms with Gasteiger partial charge in [-0.1, -0.05) is 6.42 Å². The maximum absolute atomic E-state index is 13.0. The Bertz CT molecular complexity index is 668. The van der Waals surface area contributed by atoms with Crippen molar-refractivity contribution in [2.24, 2.45) is 7.05 Å². The smallest absolute Gasteiger partial charge is 0.199 e. The van der Waals surface area contributed by atoms with Crippen molar-refractivity contribution in [1.29, 1.82) is 0 Å². The van der Waals surface area contributed by atoms with Crippen LogP contribution in [0.25, 0.3) is 11.4 Å². The van der Waals surface area contributed by atoms with Gasteiger partial charge in [-0.15, -0.1) is 0 Å². The lowest BCUT2D eigenvalue weighted by atomic mass is 10.1. The van der Waals surface area contributed by atoms with Crippen molar-refractivity contribution >= 4 is 12.2 Å². The van der Waals surface area contributed by atoms with Crippen molar-refractivity contribution in [3.05, 3.63) is 34.9 Å². The van der Waals surface area contributed by atoms with Crippen LogP contribution in [0.15, 0.2) is 24.3 Å². The summed E-state index contributed by atoms with van der Waals surface area (Å²) in [6, 6.07) is 6.36. The molecule has 0 bridgehead atoms. The number of aromatic nitrogens is 3. The number of nitrogens with zero attached hydrogens (tertiary/aromatic N) is 4. The van der Waals surface area contributed by atoms with Crippen LogP contribution in [0.4, 0.5) is 4.39 Å². The Hall–Kier alpha value is -1.53. The fourth-order valence-corrected chi connectivity index (χ4v) is 2.91. The first-order chi connectivity index (χ1) is 10.1. The normalized spacial score (nSPS) is 16.3. The highest BCUT2D eigenvalue weighted by molar-refractivity contribution is 7.71. The van der Waals surface area contributed by atoms with Gasteiger partial charge in [0.05, 0.1) is 6.67 Å². The largest absolute Gasteiger partial charge is 0.303 e. The minimum atomic E-state index is -0.243. The minimum Gasteiger partial charge on any atom is -0.303 e. The lowest BCUT2D eigenvalue weighted by molar-refractivity contribution is 0.172. The van der Waals surface area contributed by atoms with E-state index in [1.807, 2.05) is 16.3 Å². The molecule has 0 aliphatic carbocycles. The first-order valence-electron chi connectivity index (χ1n) is 7.27.